The Bertz CT molecular complexity index is 1180. The first-order chi connectivity index (χ1) is 15.6. The molecule has 7 heteroatoms. The summed E-state index contributed by atoms with van der Waals surface area (Å²) in [5, 5.41) is 0.513. The van der Waals surface area contributed by atoms with Crippen LogP contribution >= 0.6 is 11.3 Å². The summed E-state index contributed by atoms with van der Waals surface area (Å²) >= 11 is 1.29. The maximum Gasteiger partial charge on any atom is 0.260 e. The molecule has 0 aliphatic carbocycles. The van der Waals surface area contributed by atoms with Crippen molar-refractivity contribution < 1.29 is 13.9 Å². The number of rotatable bonds is 9. The fourth-order valence-electron chi connectivity index (χ4n) is 3.29. The monoisotopic (exact) mass is 449 g/mol. The van der Waals surface area contributed by atoms with Crippen molar-refractivity contribution >= 4 is 32.6 Å². The van der Waals surface area contributed by atoms with E-state index >= 15 is 0 Å². The quantitative estimate of drug-likeness (QED) is 0.284. The predicted octanol–water partition coefficient (Wildman–Crippen LogP) is 6.25. The molecule has 4 aromatic rings. The highest BCUT2D eigenvalue weighted by Gasteiger charge is 2.22. The Morgan fingerprint density at radius 2 is 1.97 bits per heavy atom. The minimum atomic E-state index is -0.327. The summed E-state index contributed by atoms with van der Waals surface area (Å²) in [5.41, 5.74) is 2.06. The van der Waals surface area contributed by atoms with Gasteiger partial charge in [-0.25, -0.2) is 9.37 Å². The van der Waals surface area contributed by atoms with Gasteiger partial charge < -0.3 is 4.74 Å². The van der Waals surface area contributed by atoms with Crippen LogP contribution in [0.2, 0.25) is 0 Å². The Morgan fingerprint density at radius 1 is 1.12 bits per heavy atom. The van der Waals surface area contributed by atoms with Gasteiger partial charge in [-0.05, 0) is 60.5 Å². The minimum absolute atomic E-state index is 0.189. The van der Waals surface area contributed by atoms with Crippen molar-refractivity contribution in [2.75, 3.05) is 11.5 Å². The molecule has 0 saturated carbocycles. The number of ether oxygens (including phenoxy) is 1. The van der Waals surface area contributed by atoms with Gasteiger partial charge in [-0.3, -0.25) is 14.7 Å². The number of amides is 1. The first-order valence-electron chi connectivity index (χ1n) is 10.6. The number of unbranched alkanes of at least 4 members (excludes halogenated alkanes) is 2. The van der Waals surface area contributed by atoms with Gasteiger partial charge in [-0.15, -0.1) is 0 Å². The molecule has 0 bridgehead atoms. The van der Waals surface area contributed by atoms with Crippen LogP contribution in [-0.2, 0) is 6.54 Å². The second-order valence-corrected chi connectivity index (χ2v) is 8.45. The van der Waals surface area contributed by atoms with E-state index in [2.05, 4.69) is 16.9 Å². The number of nitrogens with zero attached hydrogens (tertiary/aromatic N) is 3. The molecule has 2 heterocycles. The van der Waals surface area contributed by atoms with Gasteiger partial charge in [0, 0.05) is 18.0 Å². The Labute approximate surface area is 190 Å². The van der Waals surface area contributed by atoms with Crippen molar-refractivity contribution in [3.05, 3.63) is 83.9 Å². The first kappa shape index (κ1) is 21.9. The number of anilines is 1. The molecule has 0 radical (unpaired) electrons. The second-order valence-electron chi connectivity index (χ2n) is 7.44. The molecule has 1 amide bonds. The van der Waals surface area contributed by atoms with Crippen LogP contribution in [0, 0.1) is 5.82 Å². The Kier molecular flexibility index (Phi) is 7.07. The number of benzene rings is 2. The third kappa shape index (κ3) is 5.29. The number of halogens is 1. The summed E-state index contributed by atoms with van der Waals surface area (Å²) in [6.07, 6.45) is 6.69. The summed E-state index contributed by atoms with van der Waals surface area (Å²) in [7, 11) is 0. The van der Waals surface area contributed by atoms with Gasteiger partial charge in [0.25, 0.3) is 5.91 Å². The van der Waals surface area contributed by atoms with Gasteiger partial charge in [0.05, 0.1) is 23.4 Å². The van der Waals surface area contributed by atoms with Crippen molar-refractivity contribution in [1.82, 2.24) is 9.97 Å². The zero-order valence-corrected chi connectivity index (χ0v) is 18.6. The van der Waals surface area contributed by atoms with E-state index < -0.39 is 0 Å². The highest BCUT2D eigenvalue weighted by atomic mass is 32.1. The topological polar surface area (TPSA) is 55.3 Å². The molecule has 0 unspecified atom stereocenters. The number of hydrogen-bond donors (Lipinski definition) is 0. The molecule has 5 nitrogen and oxygen atoms in total. The zero-order valence-electron chi connectivity index (χ0n) is 17.8. The lowest BCUT2D eigenvalue weighted by Crippen LogP contribution is -2.30. The molecule has 32 heavy (non-hydrogen) atoms. The zero-order chi connectivity index (χ0) is 22.3. The standard InChI is InChI=1S/C25H24FN3O2S/c1-2-3-4-14-31-21-10-7-19(8-11-21)24(30)29(17-18-6-5-13-27-16-18)25-28-22-12-9-20(26)15-23(22)32-25/h5-13,15-16H,2-4,14,17H2,1H3. The van der Waals surface area contributed by atoms with Crippen LogP contribution in [0.1, 0.15) is 42.1 Å². The van der Waals surface area contributed by atoms with Crippen LogP contribution < -0.4 is 9.64 Å². The lowest BCUT2D eigenvalue weighted by Gasteiger charge is -2.20. The summed E-state index contributed by atoms with van der Waals surface area (Å²) < 4.78 is 20.1. The number of carbonyl (C=O) groups is 1. The van der Waals surface area contributed by atoms with Gasteiger partial charge in [0.2, 0.25) is 0 Å². The van der Waals surface area contributed by atoms with E-state index in [0.29, 0.717) is 34.1 Å². The molecule has 2 aromatic carbocycles. The second kappa shape index (κ2) is 10.3. The number of hydrogen-bond acceptors (Lipinski definition) is 5. The van der Waals surface area contributed by atoms with Gasteiger partial charge >= 0.3 is 0 Å². The van der Waals surface area contributed by atoms with Gasteiger partial charge in [0.15, 0.2) is 5.13 Å². The Hall–Kier alpha value is -3.32. The van der Waals surface area contributed by atoms with E-state index in [-0.39, 0.29) is 11.7 Å². The third-order valence-corrected chi connectivity index (χ3v) is 6.04. The molecule has 0 aliphatic rings. The van der Waals surface area contributed by atoms with Crippen LogP contribution in [0.3, 0.4) is 0 Å². The highest BCUT2D eigenvalue weighted by Crippen LogP contribution is 2.31. The average Bonchev–Trinajstić information content (AvgIpc) is 3.24. The van der Waals surface area contributed by atoms with Crippen LogP contribution in [0.5, 0.6) is 5.75 Å². The molecule has 4 rings (SSSR count). The largest absolute Gasteiger partial charge is 0.494 e. The molecule has 0 atom stereocenters. The maximum absolute atomic E-state index is 13.7. The summed E-state index contributed by atoms with van der Waals surface area (Å²) in [4.78, 5) is 23.8. The fraction of sp³-hybridized carbons (Fsp3) is 0.240. The summed E-state index contributed by atoms with van der Waals surface area (Å²) in [6.45, 7) is 3.13. The average molecular weight is 450 g/mol. The third-order valence-electron chi connectivity index (χ3n) is 5.00. The maximum atomic E-state index is 13.7. The van der Waals surface area contributed by atoms with Gasteiger partial charge in [-0.1, -0.05) is 37.2 Å². The van der Waals surface area contributed by atoms with Crippen molar-refractivity contribution in [3.8, 4) is 5.75 Å². The van der Waals surface area contributed by atoms with E-state index in [4.69, 9.17) is 4.74 Å². The number of aromatic nitrogens is 2. The molecule has 164 valence electrons. The summed E-state index contributed by atoms with van der Waals surface area (Å²) in [5.74, 6) is 0.227. The number of fused-ring (bicyclic) bond motifs is 1. The predicted molar refractivity (Wildman–Crippen MR) is 126 cm³/mol. The van der Waals surface area contributed by atoms with Gasteiger partial charge in [-0.2, -0.15) is 0 Å². The molecule has 0 fully saturated rings. The first-order valence-corrected chi connectivity index (χ1v) is 11.5. The van der Waals surface area contributed by atoms with Crippen LogP contribution in [0.15, 0.2) is 67.0 Å². The highest BCUT2D eigenvalue weighted by molar-refractivity contribution is 7.22. The minimum Gasteiger partial charge on any atom is -0.494 e. The lowest BCUT2D eigenvalue weighted by atomic mass is 10.1. The molecule has 0 N–H and O–H groups in total. The van der Waals surface area contributed by atoms with Crippen LogP contribution in [0.25, 0.3) is 10.2 Å². The van der Waals surface area contributed by atoms with Crippen molar-refractivity contribution in [3.63, 3.8) is 0 Å². The van der Waals surface area contributed by atoms with E-state index in [0.717, 1.165) is 30.6 Å². The summed E-state index contributed by atoms with van der Waals surface area (Å²) in [6, 6.07) is 15.3. The van der Waals surface area contributed by atoms with Gasteiger partial charge in [0.1, 0.15) is 11.6 Å². The number of thiazole rings is 1. The lowest BCUT2D eigenvalue weighted by molar-refractivity contribution is 0.0985. The van der Waals surface area contributed by atoms with E-state index in [1.165, 1.54) is 23.5 Å². The molecule has 0 spiro atoms. The Balaban J connectivity index is 1.59. The van der Waals surface area contributed by atoms with Crippen molar-refractivity contribution in [2.24, 2.45) is 0 Å². The van der Waals surface area contributed by atoms with Crippen molar-refractivity contribution in [1.29, 1.82) is 0 Å². The van der Waals surface area contributed by atoms with E-state index in [9.17, 15) is 9.18 Å². The van der Waals surface area contributed by atoms with Crippen LogP contribution in [-0.4, -0.2) is 22.5 Å². The Morgan fingerprint density at radius 3 is 2.72 bits per heavy atom. The van der Waals surface area contributed by atoms with E-state index in [1.54, 1.807) is 35.5 Å². The molecule has 0 aliphatic heterocycles. The number of pyridine rings is 1. The van der Waals surface area contributed by atoms with E-state index in [1.807, 2.05) is 24.3 Å². The normalized spacial score (nSPS) is 10.9. The SMILES string of the molecule is CCCCCOc1ccc(C(=O)N(Cc2cccnc2)c2nc3ccc(F)cc3s2)cc1. The molecular formula is C25H24FN3O2S. The fourth-order valence-corrected chi connectivity index (χ4v) is 4.28. The smallest absolute Gasteiger partial charge is 0.260 e. The van der Waals surface area contributed by atoms with Crippen LogP contribution in [0.4, 0.5) is 9.52 Å². The molecule has 0 saturated heterocycles. The molecular weight excluding hydrogens is 425 g/mol. The number of carbonyl (C=O) groups excluding carboxylic acids is 1. The van der Waals surface area contributed by atoms with Crippen molar-refractivity contribution in [2.45, 2.75) is 32.7 Å². The molecule has 2 aromatic heterocycles.